The van der Waals surface area contributed by atoms with Crippen LogP contribution in [0.15, 0.2) is 53.4 Å². The number of hydrogen-bond acceptors (Lipinski definition) is 4. The fourth-order valence-electron chi connectivity index (χ4n) is 2.27. The molecule has 140 valence electrons. The Kier molecular flexibility index (Phi) is 6.39. The van der Waals surface area contributed by atoms with Gasteiger partial charge in [0.05, 0.1) is 4.90 Å². The zero-order valence-electron chi connectivity index (χ0n) is 15.5. The molecule has 1 amide bonds. The molecule has 1 unspecified atom stereocenters. The average Bonchev–Trinajstić information content (AvgIpc) is 2.61. The minimum absolute atomic E-state index is 0.0772. The summed E-state index contributed by atoms with van der Waals surface area (Å²) in [5.41, 5.74) is 1.95. The van der Waals surface area contributed by atoms with Crippen LogP contribution in [-0.4, -0.2) is 34.5 Å². The summed E-state index contributed by atoms with van der Waals surface area (Å²) in [7, 11) is 0.224. The number of benzene rings is 2. The van der Waals surface area contributed by atoms with Gasteiger partial charge in [0, 0.05) is 37.1 Å². The van der Waals surface area contributed by atoms with Gasteiger partial charge in [-0.15, -0.1) is 0 Å². The molecule has 2 rings (SSSR count). The van der Waals surface area contributed by atoms with Gasteiger partial charge < -0.3 is 10.2 Å². The van der Waals surface area contributed by atoms with E-state index in [1.165, 1.54) is 12.1 Å². The van der Waals surface area contributed by atoms with Gasteiger partial charge in [-0.2, -0.15) is 0 Å². The minimum Gasteiger partial charge on any atom is -0.378 e. The van der Waals surface area contributed by atoms with Crippen molar-refractivity contribution < 1.29 is 13.2 Å². The van der Waals surface area contributed by atoms with Gasteiger partial charge in [0.1, 0.15) is 0 Å². The Balaban J connectivity index is 2.17. The molecule has 2 aromatic rings. The van der Waals surface area contributed by atoms with E-state index in [2.05, 4.69) is 10.0 Å². The summed E-state index contributed by atoms with van der Waals surface area (Å²) in [6, 6.07) is 13.2. The highest BCUT2D eigenvalue weighted by molar-refractivity contribution is 7.89. The van der Waals surface area contributed by atoms with Crippen LogP contribution in [0.1, 0.15) is 30.6 Å². The molecule has 0 bridgehead atoms. The number of anilines is 2. The van der Waals surface area contributed by atoms with Gasteiger partial charge in [0.2, 0.25) is 10.0 Å². The lowest BCUT2D eigenvalue weighted by Gasteiger charge is -2.14. The van der Waals surface area contributed by atoms with Crippen LogP contribution in [0, 0.1) is 0 Å². The van der Waals surface area contributed by atoms with Gasteiger partial charge >= 0.3 is 0 Å². The molecule has 2 N–H and O–H groups in total. The Hall–Kier alpha value is -2.38. The minimum atomic E-state index is -3.65. The van der Waals surface area contributed by atoms with E-state index in [1.54, 1.807) is 31.2 Å². The summed E-state index contributed by atoms with van der Waals surface area (Å²) in [5, 5.41) is 2.78. The molecule has 26 heavy (non-hydrogen) atoms. The summed E-state index contributed by atoms with van der Waals surface area (Å²) in [6.07, 6.45) is 0.683. The SMILES string of the molecule is CCC(C)NS(=O)(=O)c1cccc(C(=O)Nc2ccc(N(C)C)cc2)c1. The zero-order chi connectivity index (χ0) is 19.3. The molecule has 7 heteroatoms. The molecule has 6 nitrogen and oxygen atoms in total. The van der Waals surface area contributed by atoms with Crippen LogP contribution in [0.4, 0.5) is 11.4 Å². The first kappa shape index (κ1) is 19.9. The highest BCUT2D eigenvalue weighted by Gasteiger charge is 2.18. The molecule has 0 aromatic heterocycles. The van der Waals surface area contributed by atoms with Crippen molar-refractivity contribution in [2.75, 3.05) is 24.3 Å². The van der Waals surface area contributed by atoms with E-state index in [9.17, 15) is 13.2 Å². The fourth-order valence-corrected chi connectivity index (χ4v) is 3.64. The number of carbonyl (C=O) groups excluding carboxylic acids is 1. The van der Waals surface area contributed by atoms with E-state index in [0.29, 0.717) is 12.1 Å². The van der Waals surface area contributed by atoms with E-state index >= 15 is 0 Å². The molecule has 0 saturated carbocycles. The molecule has 1 atom stereocenters. The van der Waals surface area contributed by atoms with Crippen molar-refractivity contribution in [2.45, 2.75) is 31.2 Å². The molecule has 0 aliphatic heterocycles. The molecule has 0 spiro atoms. The maximum Gasteiger partial charge on any atom is 0.255 e. The van der Waals surface area contributed by atoms with Gasteiger partial charge in [0.15, 0.2) is 0 Å². The quantitative estimate of drug-likeness (QED) is 0.779. The Morgan fingerprint density at radius 2 is 1.77 bits per heavy atom. The lowest BCUT2D eigenvalue weighted by atomic mass is 10.2. The van der Waals surface area contributed by atoms with Crippen molar-refractivity contribution in [1.29, 1.82) is 0 Å². The van der Waals surface area contributed by atoms with Crippen molar-refractivity contribution in [2.24, 2.45) is 0 Å². The highest BCUT2D eigenvalue weighted by atomic mass is 32.2. The monoisotopic (exact) mass is 375 g/mol. The third-order valence-corrected chi connectivity index (χ3v) is 5.60. The number of amides is 1. The first-order valence-electron chi connectivity index (χ1n) is 8.44. The number of hydrogen-bond donors (Lipinski definition) is 2. The predicted octanol–water partition coefficient (Wildman–Crippen LogP) is 3.08. The van der Waals surface area contributed by atoms with Gasteiger partial charge in [-0.1, -0.05) is 13.0 Å². The third kappa shape index (κ3) is 5.06. The van der Waals surface area contributed by atoms with E-state index in [4.69, 9.17) is 0 Å². The highest BCUT2D eigenvalue weighted by Crippen LogP contribution is 2.18. The topological polar surface area (TPSA) is 78.5 Å². The van der Waals surface area contributed by atoms with E-state index in [1.807, 2.05) is 38.1 Å². The average molecular weight is 375 g/mol. The van der Waals surface area contributed by atoms with Crippen molar-refractivity contribution in [3.8, 4) is 0 Å². The van der Waals surface area contributed by atoms with E-state index in [0.717, 1.165) is 5.69 Å². The summed E-state index contributed by atoms with van der Waals surface area (Å²) >= 11 is 0. The van der Waals surface area contributed by atoms with Crippen molar-refractivity contribution in [3.05, 3.63) is 54.1 Å². The Labute approximate surface area is 155 Å². The molecular weight excluding hydrogens is 350 g/mol. The van der Waals surface area contributed by atoms with Crippen LogP contribution in [0.5, 0.6) is 0 Å². The van der Waals surface area contributed by atoms with E-state index in [-0.39, 0.29) is 22.4 Å². The molecule has 0 fully saturated rings. The summed E-state index contributed by atoms with van der Waals surface area (Å²) < 4.78 is 27.4. The summed E-state index contributed by atoms with van der Waals surface area (Å²) in [4.78, 5) is 14.5. The van der Waals surface area contributed by atoms with Crippen molar-refractivity contribution in [1.82, 2.24) is 4.72 Å². The maximum absolute atomic E-state index is 12.5. The second kappa shape index (κ2) is 8.33. The molecule has 2 aromatic carbocycles. The number of nitrogens with zero attached hydrogens (tertiary/aromatic N) is 1. The number of rotatable bonds is 7. The van der Waals surface area contributed by atoms with Crippen LogP contribution < -0.4 is 14.9 Å². The standard InChI is InChI=1S/C19H25N3O3S/c1-5-14(2)21-26(24,25)18-8-6-7-15(13-18)19(23)20-16-9-11-17(12-10-16)22(3)4/h6-14,21H,5H2,1-4H3,(H,20,23). The number of nitrogens with one attached hydrogen (secondary N) is 2. The summed E-state index contributed by atoms with van der Waals surface area (Å²) in [5.74, 6) is -0.358. The smallest absolute Gasteiger partial charge is 0.255 e. The van der Waals surface area contributed by atoms with Gasteiger partial charge in [-0.25, -0.2) is 13.1 Å². The van der Waals surface area contributed by atoms with Crippen LogP contribution in [-0.2, 0) is 10.0 Å². The molecule has 0 aliphatic rings. The lowest BCUT2D eigenvalue weighted by Crippen LogP contribution is -2.32. The van der Waals surface area contributed by atoms with Crippen LogP contribution in [0.2, 0.25) is 0 Å². The van der Waals surface area contributed by atoms with Gasteiger partial charge in [0.25, 0.3) is 5.91 Å². The van der Waals surface area contributed by atoms with Crippen molar-refractivity contribution >= 4 is 27.3 Å². The molecular formula is C19H25N3O3S. The summed E-state index contributed by atoms with van der Waals surface area (Å²) in [6.45, 7) is 3.70. The number of sulfonamides is 1. The second-order valence-electron chi connectivity index (χ2n) is 6.35. The van der Waals surface area contributed by atoms with Crippen molar-refractivity contribution in [3.63, 3.8) is 0 Å². The Morgan fingerprint density at radius 1 is 1.12 bits per heavy atom. The van der Waals surface area contributed by atoms with Crippen LogP contribution in [0.25, 0.3) is 0 Å². The molecule has 0 heterocycles. The maximum atomic E-state index is 12.5. The first-order valence-corrected chi connectivity index (χ1v) is 9.92. The Bertz CT molecular complexity index is 862. The third-order valence-electron chi connectivity index (χ3n) is 4.02. The van der Waals surface area contributed by atoms with Crippen LogP contribution in [0.3, 0.4) is 0 Å². The van der Waals surface area contributed by atoms with Gasteiger partial charge in [-0.05, 0) is 55.8 Å². The first-order chi connectivity index (χ1) is 12.2. The molecule has 0 saturated heterocycles. The fraction of sp³-hybridized carbons (Fsp3) is 0.316. The zero-order valence-corrected chi connectivity index (χ0v) is 16.3. The largest absolute Gasteiger partial charge is 0.378 e. The lowest BCUT2D eigenvalue weighted by molar-refractivity contribution is 0.102. The normalized spacial score (nSPS) is 12.5. The molecule has 0 radical (unpaired) electrons. The second-order valence-corrected chi connectivity index (χ2v) is 8.07. The predicted molar refractivity (Wildman–Crippen MR) is 105 cm³/mol. The van der Waals surface area contributed by atoms with E-state index < -0.39 is 10.0 Å². The number of carbonyl (C=O) groups is 1. The molecule has 0 aliphatic carbocycles. The van der Waals surface area contributed by atoms with Gasteiger partial charge in [-0.3, -0.25) is 4.79 Å². The Morgan fingerprint density at radius 3 is 2.35 bits per heavy atom. The van der Waals surface area contributed by atoms with Crippen LogP contribution >= 0.6 is 0 Å².